The third kappa shape index (κ3) is 3.88. The number of halogens is 1. The Labute approximate surface area is 133 Å². The molecule has 0 bridgehead atoms. The van der Waals surface area contributed by atoms with Gasteiger partial charge in [-0.2, -0.15) is 0 Å². The van der Waals surface area contributed by atoms with Gasteiger partial charge in [0, 0.05) is 16.5 Å². The molecule has 0 spiro atoms. The number of benzene rings is 1. The molecule has 0 aromatic heterocycles. The van der Waals surface area contributed by atoms with Crippen LogP contribution in [0.5, 0.6) is 0 Å². The Morgan fingerprint density at radius 3 is 2.57 bits per heavy atom. The van der Waals surface area contributed by atoms with Gasteiger partial charge in [-0.25, -0.2) is 0 Å². The summed E-state index contributed by atoms with van der Waals surface area (Å²) in [5.41, 5.74) is 6.35. The van der Waals surface area contributed by atoms with Gasteiger partial charge >= 0.3 is 0 Å². The van der Waals surface area contributed by atoms with Gasteiger partial charge in [0.25, 0.3) is 0 Å². The van der Waals surface area contributed by atoms with E-state index >= 15 is 0 Å². The van der Waals surface area contributed by atoms with Crippen LogP contribution < -0.4 is 5.73 Å². The zero-order chi connectivity index (χ0) is 15.7. The normalized spacial score (nSPS) is 30.1. The largest absolute Gasteiger partial charge is 0.385 e. The Hall–Kier alpha value is -0.830. The van der Waals surface area contributed by atoms with Gasteiger partial charge < -0.3 is 10.8 Å². The molecule has 3 heteroatoms. The molecule has 0 radical (unpaired) electrons. The van der Waals surface area contributed by atoms with Gasteiger partial charge in [-0.1, -0.05) is 29.8 Å². The van der Waals surface area contributed by atoms with Crippen molar-refractivity contribution in [2.75, 3.05) is 0 Å². The summed E-state index contributed by atoms with van der Waals surface area (Å²) in [7, 11) is 0. The van der Waals surface area contributed by atoms with Crippen molar-refractivity contribution in [3.63, 3.8) is 0 Å². The second-order valence-corrected chi connectivity index (χ2v) is 7.48. The number of aliphatic hydroxyl groups is 1. The highest BCUT2D eigenvalue weighted by Gasteiger charge is 2.45. The van der Waals surface area contributed by atoms with Crippen LogP contribution >= 0.6 is 11.6 Å². The molecule has 0 saturated heterocycles. The average Bonchev–Trinajstić information content (AvgIpc) is 2.42. The second-order valence-electron chi connectivity index (χ2n) is 7.04. The molecular weight excluding hydrogens is 282 g/mol. The van der Waals surface area contributed by atoms with Crippen molar-refractivity contribution in [1.29, 1.82) is 0 Å². The van der Waals surface area contributed by atoms with Crippen LogP contribution in [-0.2, 0) is 6.42 Å². The Kier molecular flexibility index (Phi) is 4.82. The first-order chi connectivity index (χ1) is 9.74. The maximum Gasteiger partial charge on any atom is 0.0870 e. The molecule has 1 fully saturated rings. The lowest BCUT2D eigenvalue weighted by Gasteiger charge is -2.47. The molecule has 21 heavy (non-hydrogen) atoms. The van der Waals surface area contributed by atoms with Crippen molar-refractivity contribution in [1.82, 2.24) is 0 Å². The van der Waals surface area contributed by atoms with Crippen molar-refractivity contribution in [2.24, 2.45) is 17.6 Å². The van der Waals surface area contributed by atoms with E-state index in [4.69, 9.17) is 17.3 Å². The highest BCUT2D eigenvalue weighted by Crippen LogP contribution is 2.43. The SMILES string of the molecule is C=CC1(O)CCC(Cc2ccc(Cl)cc2)CC1C(C)(C)N. The van der Waals surface area contributed by atoms with E-state index in [9.17, 15) is 5.11 Å². The summed E-state index contributed by atoms with van der Waals surface area (Å²) in [4.78, 5) is 0. The molecule has 1 aliphatic rings. The van der Waals surface area contributed by atoms with Gasteiger partial charge in [-0.05, 0) is 63.1 Å². The molecule has 1 aromatic carbocycles. The maximum atomic E-state index is 10.8. The fourth-order valence-electron chi connectivity index (χ4n) is 3.60. The second kappa shape index (κ2) is 6.12. The van der Waals surface area contributed by atoms with Gasteiger partial charge in [0.1, 0.15) is 0 Å². The molecule has 0 aliphatic heterocycles. The summed E-state index contributed by atoms with van der Waals surface area (Å²) < 4.78 is 0. The average molecular weight is 308 g/mol. The lowest BCUT2D eigenvalue weighted by Crippen LogP contribution is -2.55. The molecule has 116 valence electrons. The van der Waals surface area contributed by atoms with Crippen molar-refractivity contribution in [3.05, 3.63) is 47.5 Å². The molecule has 3 N–H and O–H groups in total. The quantitative estimate of drug-likeness (QED) is 0.827. The molecule has 0 heterocycles. The van der Waals surface area contributed by atoms with Gasteiger partial charge in [0.2, 0.25) is 0 Å². The summed E-state index contributed by atoms with van der Waals surface area (Å²) in [5.74, 6) is 0.577. The smallest absolute Gasteiger partial charge is 0.0870 e. The van der Waals surface area contributed by atoms with Crippen LogP contribution in [0.25, 0.3) is 0 Å². The highest BCUT2D eigenvalue weighted by molar-refractivity contribution is 6.30. The summed E-state index contributed by atoms with van der Waals surface area (Å²) >= 11 is 5.93. The van der Waals surface area contributed by atoms with Gasteiger partial charge in [-0.3, -0.25) is 0 Å². The molecular formula is C18H26ClNO. The van der Waals surface area contributed by atoms with Crippen LogP contribution in [-0.4, -0.2) is 16.2 Å². The van der Waals surface area contributed by atoms with Crippen LogP contribution in [0.3, 0.4) is 0 Å². The Balaban J connectivity index is 2.11. The summed E-state index contributed by atoms with van der Waals surface area (Å²) in [6.45, 7) is 7.81. The lowest BCUT2D eigenvalue weighted by atomic mass is 9.63. The van der Waals surface area contributed by atoms with E-state index in [1.54, 1.807) is 6.08 Å². The van der Waals surface area contributed by atoms with Crippen LogP contribution in [0.1, 0.15) is 38.7 Å². The summed E-state index contributed by atoms with van der Waals surface area (Å²) in [5, 5.41) is 11.5. The first-order valence-electron chi connectivity index (χ1n) is 7.64. The maximum absolute atomic E-state index is 10.8. The zero-order valence-electron chi connectivity index (χ0n) is 13.0. The van der Waals surface area contributed by atoms with Crippen LogP contribution in [0.2, 0.25) is 5.02 Å². The van der Waals surface area contributed by atoms with Gasteiger partial charge in [-0.15, -0.1) is 6.58 Å². The molecule has 2 nitrogen and oxygen atoms in total. The fraction of sp³-hybridized carbons (Fsp3) is 0.556. The molecule has 1 aromatic rings. The Bertz CT molecular complexity index is 491. The Morgan fingerprint density at radius 2 is 2.05 bits per heavy atom. The van der Waals surface area contributed by atoms with E-state index in [-0.39, 0.29) is 5.92 Å². The Morgan fingerprint density at radius 1 is 1.43 bits per heavy atom. The van der Waals surface area contributed by atoms with E-state index in [1.165, 1.54) is 5.56 Å². The first kappa shape index (κ1) is 16.5. The van der Waals surface area contributed by atoms with E-state index in [0.29, 0.717) is 5.92 Å². The van der Waals surface area contributed by atoms with E-state index in [2.05, 4.69) is 18.7 Å². The molecule has 1 saturated carbocycles. The number of hydrogen-bond acceptors (Lipinski definition) is 2. The minimum Gasteiger partial charge on any atom is -0.385 e. The van der Waals surface area contributed by atoms with E-state index in [0.717, 1.165) is 30.7 Å². The minimum absolute atomic E-state index is 0.0357. The first-order valence-corrected chi connectivity index (χ1v) is 8.01. The van der Waals surface area contributed by atoms with Crippen molar-refractivity contribution in [2.45, 2.75) is 50.7 Å². The van der Waals surface area contributed by atoms with E-state index < -0.39 is 11.1 Å². The number of hydrogen-bond donors (Lipinski definition) is 2. The molecule has 1 aliphatic carbocycles. The minimum atomic E-state index is -0.839. The number of nitrogens with two attached hydrogens (primary N) is 1. The molecule has 3 unspecified atom stereocenters. The van der Waals surface area contributed by atoms with Crippen molar-refractivity contribution >= 4 is 11.6 Å². The summed E-state index contributed by atoms with van der Waals surface area (Å²) in [6.07, 6.45) is 5.36. The van der Waals surface area contributed by atoms with E-state index in [1.807, 2.05) is 26.0 Å². The molecule has 2 rings (SSSR count). The van der Waals surface area contributed by atoms with Crippen molar-refractivity contribution < 1.29 is 5.11 Å². The predicted molar refractivity (Wildman–Crippen MR) is 89.4 cm³/mol. The lowest BCUT2D eigenvalue weighted by molar-refractivity contribution is -0.0477. The molecule has 3 atom stereocenters. The topological polar surface area (TPSA) is 46.2 Å². The third-order valence-electron chi connectivity index (χ3n) is 4.81. The fourth-order valence-corrected chi connectivity index (χ4v) is 3.72. The number of rotatable bonds is 4. The van der Waals surface area contributed by atoms with Gasteiger partial charge in [0.05, 0.1) is 5.60 Å². The van der Waals surface area contributed by atoms with Crippen LogP contribution in [0, 0.1) is 11.8 Å². The van der Waals surface area contributed by atoms with Crippen LogP contribution in [0.4, 0.5) is 0 Å². The standard InChI is InChI=1S/C18H26ClNO/c1-4-18(21)10-9-14(12-16(18)17(2,3)20)11-13-5-7-15(19)8-6-13/h4-8,14,16,21H,1,9-12,20H2,2-3H3. The van der Waals surface area contributed by atoms with Crippen molar-refractivity contribution in [3.8, 4) is 0 Å². The highest BCUT2D eigenvalue weighted by atomic mass is 35.5. The zero-order valence-corrected chi connectivity index (χ0v) is 13.7. The molecule has 0 amide bonds. The third-order valence-corrected chi connectivity index (χ3v) is 5.07. The van der Waals surface area contributed by atoms with Gasteiger partial charge in [0.15, 0.2) is 0 Å². The monoisotopic (exact) mass is 307 g/mol. The van der Waals surface area contributed by atoms with Crippen LogP contribution in [0.15, 0.2) is 36.9 Å². The predicted octanol–water partition coefficient (Wildman–Crippen LogP) is 3.95. The summed E-state index contributed by atoms with van der Waals surface area (Å²) in [6, 6.07) is 8.03.